The molecule has 4 rings (SSSR count). The van der Waals surface area contributed by atoms with E-state index in [9.17, 15) is 4.79 Å². The first-order valence-corrected chi connectivity index (χ1v) is 7.82. The maximum atomic E-state index is 12.2. The van der Waals surface area contributed by atoms with Gasteiger partial charge in [-0.15, -0.1) is 0 Å². The second kappa shape index (κ2) is 5.04. The molecule has 0 radical (unpaired) electrons. The second-order valence-electron chi connectivity index (χ2n) is 4.67. The lowest BCUT2D eigenvalue weighted by atomic mass is 10.3. The largest absolute Gasteiger partial charge is 0.347 e. The molecule has 2 aromatic carbocycles. The third kappa shape index (κ3) is 2.02. The Morgan fingerprint density at radius 2 is 1.77 bits per heavy atom. The van der Waals surface area contributed by atoms with Crippen LogP contribution in [0.3, 0.4) is 0 Å². The predicted molar refractivity (Wildman–Crippen MR) is 89.7 cm³/mol. The van der Waals surface area contributed by atoms with Crippen molar-refractivity contribution in [1.82, 2.24) is 19.3 Å². The second-order valence-corrected chi connectivity index (χ2v) is 6.04. The smallest absolute Gasteiger partial charge is 0.246 e. The number of benzene rings is 2. The number of nitrogens with one attached hydrogen (secondary N) is 1. The lowest BCUT2D eigenvalue weighted by Crippen LogP contribution is -2.14. The number of aromatic amines is 1. The Morgan fingerprint density at radius 1 is 1.05 bits per heavy atom. The highest BCUT2D eigenvalue weighted by molar-refractivity contribution is 7.71. The Hall–Kier alpha value is -2.51. The zero-order chi connectivity index (χ0) is 15.1. The molecular formula is C15H10N4OS2. The van der Waals surface area contributed by atoms with Gasteiger partial charge in [0.25, 0.3) is 0 Å². The number of para-hydroxylation sites is 2. The van der Waals surface area contributed by atoms with Crippen LogP contribution >= 0.6 is 23.6 Å². The molecule has 0 unspecified atom stereocenters. The lowest BCUT2D eigenvalue weighted by Gasteiger charge is -1.99. The summed E-state index contributed by atoms with van der Waals surface area (Å²) < 4.78 is 4.43. The molecule has 0 aliphatic heterocycles. The van der Waals surface area contributed by atoms with E-state index in [-0.39, 0.29) is 5.69 Å². The molecular weight excluding hydrogens is 316 g/mol. The van der Waals surface area contributed by atoms with E-state index in [1.807, 2.05) is 54.6 Å². The molecule has 0 aliphatic rings. The minimum Gasteiger partial charge on any atom is -0.246 e. The highest BCUT2D eigenvalue weighted by atomic mass is 32.1. The Kier molecular flexibility index (Phi) is 3.02. The van der Waals surface area contributed by atoms with Crippen molar-refractivity contribution in [2.45, 2.75) is 0 Å². The fourth-order valence-corrected chi connectivity index (χ4v) is 3.58. The normalized spacial score (nSPS) is 11.1. The summed E-state index contributed by atoms with van der Waals surface area (Å²) in [5.74, 6) is 0. The van der Waals surface area contributed by atoms with Crippen molar-refractivity contribution < 1.29 is 0 Å². The summed E-state index contributed by atoms with van der Waals surface area (Å²) in [6.45, 7) is 0. The molecule has 0 amide bonds. The molecule has 0 atom stereocenters. The van der Waals surface area contributed by atoms with Gasteiger partial charge in [0.05, 0.1) is 15.9 Å². The molecule has 22 heavy (non-hydrogen) atoms. The van der Waals surface area contributed by atoms with E-state index in [1.165, 1.54) is 15.9 Å². The number of rotatable bonds is 2. The van der Waals surface area contributed by atoms with Gasteiger partial charge >= 0.3 is 5.69 Å². The van der Waals surface area contributed by atoms with E-state index in [0.717, 1.165) is 15.9 Å². The predicted octanol–water partition coefficient (Wildman–Crippen LogP) is 3.30. The zero-order valence-electron chi connectivity index (χ0n) is 11.3. The number of hydrogen-bond acceptors (Lipinski definition) is 4. The van der Waals surface area contributed by atoms with Gasteiger partial charge < -0.3 is 0 Å². The van der Waals surface area contributed by atoms with Gasteiger partial charge in [-0.25, -0.2) is 19.4 Å². The third-order valence-corrected chi connectivity index (χ3v) is 4.67. The van der Waals surface area contributed by atoms with Crippen LogP contribution in [-0.4, -0.2) is 19.3 Å². The van der Waals surface area contributed by atoms with Crippen molar-refractivity contribution in [3.8, 4) is 10.8 Å². The number of aromatic nitrogens is 4. The van der Waals surface area contributed by atoms with Gasteiger partial charge in [0.2, 0.25) is 9.90 Å². The minimum absolute atomic E-state index is 0.282. The molecule has 0 saturated heterocycles. The van der Waals surface area contributed by atoms with Gasteiger partial charge in [0.1, 0.15) is 0 Å². The average molecular weight is 326 g/mol. The van der Waals surface area contributed by atoms with Crippen LogP contribution in [-0.2, 0) is 0 Å². The topological polar surface area (TPSA) is 55.6 Å². The van der Waals surface area contributed by atoms with Crippen molar-refractivity contribution in [2.24, 2.45) is 0 Å². The minimum atomic E-state index is -0.282. The number of hydrogen-bond donors (Lipinski definition) is 1. The summed E-state index contributed by atoms with van der Waals surface area (Å²) in [4.78, 5) is 16.8. The first-order valence-electron chi connectivity index (χ1n) is 6.59. The Morgan fingerprint density at radius 3 is 2.55 bits per heavy atom. The third-order valence-electron chi connectivity index (χ3n) is 3.28. The molecule has 0 aliphatic carbocycles. The highest BCUT2D eigenvalue weighted by Crippen LogP contribution is 2.24. The molecule has 1 N–H and O–H groups in total. The van der Waals surface area contributed by atoms with Crippen LogP contribution in [0.25, 0.3) is 21.0 Å². The maximum Gasteiger partial charge on any atom is 0.347 e. The first-order chi connectivity index (χ1) is 10.7. The molecule has 108 valence electrons. The van der Waals surface area contributed by atoms with Crippen LogP contribution in [0.1, 0.15) is 0 Å². The van der Waals surface area contributed by atoms with E-state index in [4.69, 9.17) is 12.2 Å². The Balaban J connectivity index is 1.94. The van der Waals surface area contributed by atoms with Gasteiger partial charge in [0.15, 0.2) is 0 Å². The monoisotopic (exact) mass is 326 g/mol. The molecule has 0 saturated carbocycles. The molecule has 0 fully saturated rings. The van der Waals surface area contributed by atoms with E-state index in [1.54, 1.807) is 4.68 Å². The van der Waals surface area contributed by atoms with Crippen molar-refractivity contribution in [1.29, 1.82) is 0 Å². The Bertz CT molecular complexity index is 1040. The van der Waals surface area contributed by atoms with E-state index < -0.39 is 0 Å². The van der Waals surface area contributed by atoms with Crippen molar-refractivity contribution in [2.75, 3.05) is 0 Å². The van der Waals surface area contributed by atoms with E-state index in [2.05, 4.69) is 10.1 Å². The summed E-state index contributed by atoms with van der Waals surface area (Å²) >= 11 is 6.93. The average Bonchev–Trinajstić information content (AvgIpc) is 3.09. The zero-order valence-corrected chi connectivity index (χ0v) is 12.9. The van der Waals surface area contributed by atoms with E-state index in [0.29, 0.717) is 9.90 Å². The quantitative estimate of drug-likeness (QED) is 0.575. The standard InChI is InChI=1S/C15H10N4OS2/c20-13-17-19(14-16-11-8-4-5-9-12(11)22-14)15(21)18(13)10-6-2-1-3-7-10/h1-9H,(H,17,20). The fraction of sp³-hybridized carbons (Fsp3) is 0. The Labute approximate surface area is 134 Å². The van der Waals surface area contributed by atoms with Gasteiger partial charge in [0, 0.05) is 0 Å². The number of nitrogens with zero attached hydrogens (tertiary/aromatic N) is 3. The summed E-state index contributed by atoms with van der Waals surface area (Å²) in [5.41, 5.74) is 1.33. The van der Waals surface area contributed by atoms with Gasteiger partial charge in [-0.05, 0) is 36.5 Å². The van der Waals surface area contributed by atoms with Crippen LogP contribution < -0.4 is 5.69 Å². The summed E-state index contributed by atoms with van der Waals surface area (Å²) in [6, 6.07) is 17.1. The van der Waals surface area contributed by atoms with Crippen molar-refractivity contribution in [3.63, 3.8) is 0 Å². The molecule has 0 spiro atoms. The maximum absolute atomic E-state index is 12.2. The summed E-state index contributed by atoms with van der Waals surface area (Å²) in [7, 11) is 0. The number of thiazole rings is 1. The van der Waals surface area contributed by atoms with Gasteiger partial charge in [-0.1, -0.05) is 41.7 Å². The molecule has 5 nitrogen and oxygen atoms in total. The van der Waals surface area contributed by atoms with Crippen LogP contribution in [0.15, 0.2) is 59.4 Å². The van der Waals surface area contributed by atoms with E-state index >= 15 is 0 Å². The molecule has 4 aromatic rings. The highest BCUT2D eigenvalue weighted by Gasteiger charge is 2.12. The van der Waals surface area contributed by atoms with Crippen LogP contribution in [0.4, 0.5) is 0 Å². The van der Waals surface area contributed by atoms with Gasteiger partial charge in [-0.3, -0.25) is 0 Å². The first kappa shape index (κ1) is 13.2. The molecule has 2 aromatic heterocycles. The summed E-state index contributed by atoms with van der Waals surface area (Å²) in [6.07, 6.45) is 0. The molecule has 2 heterocycles. The SMILES string of the molecule is O=c1[nH]n(-c2nc3ccccc3s2)c(=S)n1-c1ccccc1. The van der Waals surface area contributed by atoms with Crippen molar-refractivity contribution >= 4 is 33.8 Å². The van der Waals surface area contributed by atoms with Crippen molar-refractivity contribution in [3.05, 3.63) is 69.9 Å². The fourth-order valence-electron chi connectivity index (χ4n) is 2.27. The van der Waals surface area contributed by atoms with Crippen LogP contribution in [0.5, 0.6) is 0 Å². The molecule has 0 bridgehead atoms. The van der Waals surface area contributed by atoms with Gasteiger partial charge in [-0.2, -0.15) is 4.68 Å². The summed E-state index contributed by atoms with van der Waals surface area (Å²) in [5, 5.41) is 3.41. The number of H-pyrrole nitrogens is 1. The number of fused-ring (bicyclic) bond motifs is 1. The lowest BCUT2D eigenvalue weighted by molar-refractivity contribution is 0.845. The van der Waals surface area contributed by atoms with Crippen LogP contribution in [0.2, 0.25) is 0 Å². The molecule has 7 heteroatoms. The van der Waals surface area contributed by atoms with Crippen LogP contribution in [0, 0.1) is 4.77 Å².